The summed E-state index contributed by atoms with van der Waals surface area (Å²) in [7, 11) is 1.69. The predicted octanol–water partition coefficient (Wildman–Crippen LogP) is 3.67. The summed E-state index contributed by atoms with van der Waals surface area (Å²) in [5.74, 6) is 12.8. The largest absolute Gasteiger partial charge is 0.363 e. The molecule has 1 heteroatoms. The Morgan fingerprint density at radius 2 is 1.84 bits per heavy atom. The third-order valence-electron chi connectivity index (χ3n) is 2.96. The van der Waals surface area contributed by atoms with Gasteiger partial charge in [-0.15, -0.1) is 5.92 Å². The SMILES string of the molecule is COC1C#CCCCCC#C/C1=C\c1ccccc1. The van der Waals surface area contributed by atoms with Crippen LogP contribution in [0.1, 0.15) is 31.2 Å². The fourth-order valence-corrected chi connectivity index (χ4v) is 1.93. The van der Waals surface area contributed by atoms with Gasteiger partial charge in [0.25, 0.3) is 0 Å². The van der Waals surface area contributed by atoms with Crippen LogP contribution < -0.4 is 0 Å². The van der Waals surface area contributed by atoms with Gasteiger partial charge in [0.15, 0.2) is 6.10 Å². The fraction of sp³-hybridized carbons (Fsp3) is 0.333. The van der Waals surface area contributed by atoms with Crippen LogP contribution >= 0.6 is 0 Å². The molecule has 1 aliphatic carbocycles. The van der Waals surface area contributed by atoms with Crippen molar-refractivity contribution in [2.75, 3.05) is 7.11 Å². The first-order valence-electron chi connectivity index (χ1n) is 6.67. The van der Waals surface area contributed by atoms with Crippen molar-refractivity contribution in [3.8, 4) is 23.7 Å². The summed E-state index contributed by atoms with van der Waals surface area (Å²) in [4.78, 5) is 0. The first-order chi connectivity index (χ1) is 9.40. The summed E-state index contributed by atoms with van der Waals surface area (Å²) in [5.41, 5.74) is 2.08. The topological polar surface area (TPSA) is 9.23 Å². The Hall–Kier alpha value is -1.96. The maximum absolute atomic E-state index is 5.46. The van der Waals surface area contributed by atoms with Gasteiger partial charge in [0, 0.05) is 25.5 Å². The molecular formula is C18H18O. The van der Waals surface area contributed by atoms with Gasteiger partial charge in [0.05, 0.1) is 0 Å². The van der Waals surface area contributed by atoms with Crippen LogP contribution in [-0.4, -0.2) is 13.2 Å². The molecule has 1 unspecified atom stereocenters. The first-order valence-corrected chi connectivity index (χ1v) is 6.67. The van der Waals surface area contributed by atoms with Gasteiger partial charge < -0.3 is 4.74 Å². The van der Waals surface area contributed by atoms with E-state index in [1.807, 2.05) is 18.2 Å². The molecule has 0 saturated heterocycles. The van der Waals surface area contributed by atoms with E-state index >= 15 is 0 Å². The highest BCUT2D eigenvalue weighted by Gasteiger charge is 2.08. The van der Waals surface area contributed by atoms with Gasteiger partial charge in [-0.25, -0.2) is 0 Å². The maximum Gasteiger partial charge on any atom is 0.150 e. The van der Waals surface area contributed by atoms with Gasteiger partial charge in [-0.05, 0) is 24.5 Å². The van der Waals surface area contributed by atoms with Crippen LogP contribution in [0.5, 0.6) is 0 Å². The molecule has 1 aromatic carbocycles. The van der Waals surface area contributed by atoms with Crippen molar-refractivity contribution in [3.63, 3.8) is 0 Å². The van der Waals surface area contributed by atoms with Gasteiger partial charge in [-0.3, -0.25) is 0 Å². The van der Waals surface area contributed by atoms with E-state index < -0.39 is 0 Å². The van der Waals surface area contributed by atoms with Gasteiger partial charge in [0.2, 0.25) is 0 Å². The highest BCUT2D eigenvalue weighted by atomic mass is 16.5. The third-order valence-corrected chi connectivity index (χ3v) is 2.96. The van der Waals surface area contributed by atoms with E-state index in [-0.39, 0.29) is 6.10 Å². The minimum atomic E-state index is -0.217. The Kier molecular flexibility index (Phi) is 5.30. The van der Waals surface area contributed by atoms with E-state index in [0.29, 0.717) is 0 Å². The van der Waals surface area contributed by atoms with E-state index in [4.69, 9.17) is 4.74 Å². The molecule has 0 saturated carbocycles. The Balaban J connectivity index is 2.32. The molecule has 0 aromatic heterocycles. The Bertz CT molecular complexity index is 546. The molecule has 1 aromatic rings. The van der Waals surface area contributed by atoms with E-state index in [9.17, 15) is 0 Å². The van der Waals surface area contributed by atoms with Gasteiger partial charge in [0.1, 0.15) is 0 Å². The van der Waals surface area contributed by atoms with Crippen LogP contribution in [0.4, 0.5) is 0 Å². The van der Waals surface area contributed by atoms with Crippen molar-refractivity contribution in [2.45, 2.75) is 31.8 Å². The summed E-state index contributed by atoms with van der Waals surface area (Å²) < 4.78 is 5.46. The number of hydrogen-bond donors (Lipinski definition) is 0. The highest BCUT2D eigenvalue weighted by Crippen LogP contribution is 2.13. The van der Waals surface area contributed by atoms with Crippen molar-refractivity contribution in [1.29, 1.82) is 0 Å². The molecule has 19 heavy (non-hydrogen) atoms. The average molecular weight is 250 g/mol. The molecule has 0 aliphatic heterocycles. The second-order valence-corrected chi connectivity index (χ2v) is 4.46. The zero-order chi connectivity index (χ0) is 13.3. The standard InChI is InChI=1S/C18H18O/c1-19-18-14-10-5-3-2-4-9-13-17(18)15-16-11-7-6-8-12-16/h6-8,11-12,15,18H,2-5H2,1H3/b17-15+. The predicted molar refractivity (Wildman–Crippen MR) is 79.2 cm³/mol. The van der Waals surface area contributed by atoms with Crippen LogP contribution in [-0.2, 0) is 4.74 Å². The molecule has 0 spiro atoms. The Labute approximate surface area is 115 Å². The van der Waals surface area contributed by atoms with Crippen LogP contribution in [0.3, 0.4) is 0 Å². The number of ether oxygens (including phenoxy) is 1. The molecule has 0 N–H and O–H groups in total. The van der Waals surface area contributed by atoms with Gasteiger partial charge >= 0.3 is 0 Å². The lowest BCUT2D eigenvalue weighted by Crippen LogP contribution is -2.10. The molecule has 0 amide bonds. The van der Waals surface area contributed by atoms with Crippen molar-refractivity contribution in [2.24, 2.45) is 0 Å². The lowest BCUT2D eigenvalue weighted by molar-refractivity contribution is 0.180. The number of methoxy groups -OCH3 is 1. The molecular weight excluding hydrogens is 232 g/mol. The Morgan fingerprint density at radius 1 is 1.11 bits per heavy atom. The summed E-state index contributed by atoms with van der Waals surface area (Å²) in [6, 6.07) is 10.2. The van der Waals surface area contributed by atoms with Gasteiger partial charge in [-0.2, -0.15) is 0 Å². The van der Waals surface area contributed by atoms with E-state index in [1.165, 1.54) is 0 Å². The summed E-state index contributed by atoms with van der Waals surface area (Å²) >= 11 is 0. The van der Waals surface area contributed by atoms with E-state index in [2.05, 4.69) is 41.9 Å². The molecule has 1 atom stereocenters. The molecule has 0 bridgehead atoms. The minimum Gasteiger partial charge on any atom is -0.363 e. The summed E-state index contributed by atoms with van der Waals surface area (Å²) in [6.07, 6.45) is 5.96. The zero-order valence-electron chi connectivity index (χ0n) is 11.3. The van der Waals surface area contributed by atoms with Crippen molar-refractivity contribution < 1.29 is 4.74 Å². The van der Waals surface area contributed by atoms with Crippen molar-refractivity contribution in [1.82, 2.24) is 0 Å². The van der Waals surface area contributed by atoms with Crippen molar-refractivity contribution >= 4 is 6.08 Å². The van der Waals surface area contributed by atoms with Crippen LogP contribution in [0.25, 0.3) is 6.08 Å². The average Bonchev–Trinajstić information content (AvgIpc) is 2.46. The van der Waals surface area contributed by atoms with Crippen LogP contribution in [0.15, 0.2) is 35.9 Å². The zero-order valence-corrected chi connectivity index (χ0v) is 11.3. The van der Waals surface area contributed by atoms with Crippen molar-refractivity contribution in [3.05, 3.63) is 41.5 Å². The smallest absolute Gasteiger partial charge is 0.150 e. The highest BCUT2D eigenvalue weighted by molar-refractivity contribution is 5.61. The fourth-order valence-electron chi connectivity index (χ4n) is 1.93. The second kappa shape index (κ2) is 7.47. The second-order valence-electron chi connectivity index (χ2n) is 4.46. The quantitative estimate of drug-likeness (QED) is 0.728. The molecule has 1 aliphatic rings. The first kappa shape index (κ1) is 13.5. The van der Waals surface area contributed by atoms with Crippen LogP contribution in [0.2, 0.25) is 0 Å². The molecule has 1 nitrogen and oxygen atoms in total. The molecule has 0 radical (unpaired) electrons. The summed E-state index contributed by atoms with van der Waals surface area (Å²) in [5, 5.41) is 0. The lowest BCUT2D eigenvalue weighted by atomic mass is 10.0. The molecule has 96 valence electrons. The molecule has 0 heterocycles. The van der Waals surface area contributed by atoms with Crippen LogP contribution in [0, 0.1) is 23.7 Å². The Morgan fingerprint density at radius 3 is 2.58 bits per heavy atom. The number of benzene rings is 1. The number of hydrogen-bond acceptors (Lipinski definition) is 1. The van der Waals surface area contributed by atoms with E-state index in [1.54, 1.807) is 7.11 Å². The third kappa shape index (κ3) is 4.32. The molecule has 2 rings (SSSR count). The van der Waals surface area contributed by atoms with E-state index in [0.717, 1.165) is 36.8 Å². The number of rotatable bonds is 2. The molecule has 0 fully saturated rings. The monoisotopic (exact) mass is 250 g/mol. The summed E-state index contributed by atoms with van der Waals surface area (Å²) in [6.45, 7) is 0. The normalized spacial score (nSPS) is 20.9. The minimum absolute atomic E-state index is 0.217. The lowest BCUT2D eigenvalue weighted by Gasteiger charge is -2.09. The van der Waals surface area contributed by atoms with Gasteiger partial charge in [-0.1, -0.05) is 48.1 Å². The maximum atomic E-state index is 5.46.